The number of carbonyl (C=O) groups is 2. The van der Waals surface area contributed by atoms with Crippen LogP contribution < -0.4 is 15.5 Å². The summed E-state index contributed by atoms with van der Waals surface area (Å²) in [7, 11) is 0. The molecule has 2 fully saturated rings. The number of amides is 1. The van der Waals surface area contributed by atoms with Gasteiger partial charge in [-0.3, -0.25) is 9.59 Å². The van der Waals surface area contributed by atoms with Gasteiger partial charge in [-0.05, 0) is 49.4 Å². The van der Waals surface area contributed by atoms with Crippen LogP contribution >= 0.6 is 11.6 Å². The molecule has 1 aromatic heterocycles. The number of hydrogen-bond donors (Lipinski definition) is 3. The van der Waals surface area contributed by atoms with Crippen molar-refractivity contribution in [2.24, 2.45) is 5.92 Å². The molecule has 172 valence electrons. The molecule has 8 heteroatoms. The van der Waals surface area contributed by atoms with Gasteiger partial charge in [-0.1, -0.05) is 30.9 Å². The highest BCUT2D eigenvalue weighted by Crippen LogP contribution is 2.33. The lowest BCUT2D eigenvalue weighted by Gasteiger charge is -2.21. The first-order chi connectivity index (χ1) is 15.5. The number of nitrogens with one attached hydrogen (secondary N) is 2. The van der Waals surface area contributed by atoms with Gasteiger partial charge in [0.25, 0.3) is 0 Å². The third-order valence-electron chi connectivity index (χ3n) is 6.55. The molecule has 0 spiro atoms. The van der Waals surface area contributed by atoms with Crippen molar-refractivity contribution in [2.75, 3.05) is 29.9 Å². The molecule has 1 unspecified atom stereocenters. The van der Waals surface area contributed by atoms with Crippen molar-refractivity contribution < 1.29 is 14.7 Å². The quantitative estimate of drug-likeness (QED) is 0.541. The van der Waals surface area contributed by atoms with E-state index in [-0.39, 0.29) is 18.4 Å². The van der Waals surface area contributed by atoms with E-state index in [2.05, 4.69) is 15.5 Å². The van der Waals surface area contributed by atoms with Gasteiger partial charge < -0.3 is 20.6 Å². The van der Waals surface area contributed by atoms with E-state index in [9.17, 15) is 9.59 Å². The molecule has 2 aromatic rings. The minimum Gasteiger partial charge on any atom is -0.481 e. The van der Waals surface area contributed by atoms with E-state index >= 15 is 0 Å². The van der Waals surface area contributed by atoms with Crippen molar-refractivity contribution in [3.05, 3.63) is 29.3 Å². The van der Waals surface area contributed by atoms with Gasteiger partial charge in [-0.25, -0.2) is 4.98 Å². The number of rotatable bonds is 8. The van der Waals surface area contributed by atoms with E-state index in [1.165, 1.54) is 19.3 Å². The van der Waals surface area contributed by atoms with Crippen LogP contribution in [0.25, 0.3) is 10.9 Å². The Labute approximate surface area is 193 Å². The summed E-state index contributed by atoms with van der Waals surface area (Å²) >= 11 is 6.44. The molecule has 2 heterocycles. The number of halogens is 1. The summed E-state index contributed by atoms with van der Waals surface area (Å²) in [6, 6.07) is 7.88. The third-order valence-corrected chi connectivity index (χ3v) is 6.87. The van der Waals surface area contributed by atoms with Gasteiger partial charge >= 0.3 is 5.97 Å². The molecule has 1 atom stereocenters. The molecule has 1 saturated heterocycles. The first-order valence-electron chi connectivity index (χ1n) is 11.6. The first-order valence-corrected chi connectivity index (χ1v) is 12.0. The van der Waals surface area contributed by atoms with Gasteiger partial charge in [0.1, 0.15) is 5.82 Å². The topological polar surface area (TPSA) is 94.6 Å². The smallest absolute Gasteiger partial charge is 0.304 e. The van der Waals surface area contributed by atoms with E-state index in [1.807, 2.05) is 18.2 Å². The molecule has 32 heavy (non-hydrogen) atoms. The number of aliphatic carboxylic acids is 1. The van der Waals surface area contributed by atoms with Crippen molar-refractivity contribution in [1.29, 1.82) is 0 Å². The van der Waals surface area contributed by atoms with Crippen LogP contribution in [0.4, 0.5) is 11.5 Å². The van der Waals surface area contributed by atoms with E-state index in [1.54, 1.807) is 6.07 Å². The van der Waals surface area contributed by atoms with E-state index in [4.69, 9.17) is 21.7 Å². The van der Waals surface area contributed by atoms with E-state index in [0.717, 1.165) is 49.1 Å². The third kappa shape index (κ3) is 5.70. The first kappa shape index (κ1) is 22.8. The summed E-state index contributed by atoms with van der Waals surface area (Å²) < 4.78 is 0. The summed E-state index contributed by atoms with van der Waals surface area (Å²) in [4.78, 5) is 30.4. The normalized spacial score (nSPS) is 19.4. The molecule has 3 N–H and O–H groups in total. The monoisotopic (exact) mass is 458 g/mol. The molecule has 0 bridgehead atoms. The molecular formula is C24H31ClN4O3. The molecule has 1 amide bonds. The van der Waals surface area contributed by atoms with Crippen LogP contribution in [0.15, 0.2) is 24.3 Å². The second kappa shape index (κ2) is 10.5. The number of fused-ring (bicyclic) bond motifs is 1. The predicted octanol–water partition coefficient (Wildman–Crippen LogP) is 4.44. The van der Waals surface area contributed by atoms with Crippen molar-refractivity contribution in [2.45, 2.75) is 57.4 Å². The molecule has 4 rings (SSSR count). The lowest BCUT2D eigenvalue weighted by Crippen LogP contribution is -2.34. The minimum atomic E-state index is -0.788. The zero-order valence-corrected chi connectivity index (χ0v) is 19.0. The lowest BCUT2D eigenvalue weighted by atomic mass is 9.87. The van der Waals surface area contributed by atoms with Crippen molar-refractivity contribution in [1.82, 2.24) is 10.3 Å². The maximum Gasteiger partial charge on any atom is 0.304 e. The van der Waals surface area contributed by atoms with Crippen molar-refractivity contribution >= 4 is 45.9 Å². The van der Waals surface area contributed by atoms with Crippen molar-refractivity contribution in [3.63, 3.8) is 0 Å². The van der Waals surface area contributed by atoms with Gasteiger partial charge in [-0.15, -0.1) is 0 Å². The zero-order valence-electron chi connectivity index (χ0n) is 18.3. The number of benzene rings is 1. The number of carboxylic acid groups (broad SMARTS) is 1. The Morgan fingerprint density at radius 3 is 2.72 bits per heavy atom. The number of pyridine rings is 1. The van der Waals surface area contributed by atoms with Crippen molar-refractivity contribution in [3.8, 4) is 0 Å². The van der Waals surface area contributed by atoms with Gasteiger partial charge in [-0.2, -0.15) is 0 Å². The van der Waals surface area contributed by atoms with Crippen LogP contribution in [0.2, 0.25) is 5.02 Å². The Morgan fingerprint density at radius 1 is 1.12 bits per heavy atom. The fourth-order valence-electron chi connectivity index (χ4n) is 4.83. The minimum absolute atomic E-state index is 0.0187. The van der Waals surface area contributed by atoms with Crippen LogP contribution in [0.1, 0.15) is 51.4 Å². The standard InChI is InChI=1S/C24H31ClN4O3/c25-19-7-8-20-18(24(19)28-22(30)14-16-4-2-1-3-5-16)6-9-21(27-20)29-13-11-17(15-29)26-12-10-23(31)32/h6-9,16-17,26H,1-5,10-15H2,(H,28,30)(H,31,32). The zero-order chi connectivity index (χ0) is 22.5. The number of aromatic nitrogens is 1. The fraction of sp³-hybridized carbons (Fsp3) is 0.542. The summed E-state index contributed by atoms with van der Waals surface area (Å²) in [5, 5.41) is 16.5. The van der Waals surface area contributed by atoms with E-state index < -0.39 is 5.97 Å². The maximum absolute atomic E-state index is 12.7. The molecule has 2 aliphatic rings. The molecule has 7 nitrogen and oxygen atoms in total. The number of hydrogen-bond acceptors (Lipinski definition) is 5. The Morgan fingerprint density at radius 2 is 1.94 bits per heavy atom. The summed E-state index contributed by atoms with van der Waals surface area (Å²) in [5.41, 5.74) is 1.43. The van der Waals surface area contributed by atoms with Crippen LogP contribution in [-0.2, 0) is 9.59 Å². The average molecular weight is 459 g/mol. The SMILES string of the molecule is O=C(O)CCNC1CCN(c2ccc3c(NC(=O)CC4CCCCC4)c(Cl)ccc3n2)C1. The summed E-state index contributed by atoms with van der Waals surface area (Å²) in [5.74, 6) is 0.574. The highest BCUT2D eigenvalue weighted by atomic mass is 35.5. The Balaban J connectivity index is 1.43. The predicted molar refractivity (Wildman–Crippen MR) is 127 cm³/mol. The summed E-state index contributed by atoms with van der Waals surface area (Å²) in [6.45, 7) is 2.12. The van der Waals surface area contributed by atoms with Crippen LogP contribution in [0.3, 0.4) is 0 Å². The molecule has 1 aromatic carbocycles. The number of anilines is 2. The Bertz CT molecular complexity index is 977. The number of carbonyl (C=O) groups excluding carboxylic acids is 1. The van der Waals surface area contributed by atoms with Gasteiger partial charge in [0.2, 0.25) is 5.91 Å². The molecule has 1 saturated carbocycles. The summed E-state index contributed by atoms with van der Waals surface area (Å²) in [6.07, 6.45) is 7.58. The van der Waals surface area contributed by atoms with Gasteiger partial charge in [0, 0.05) is 37.5 Å². The van der Waals surface area contributed by atoms with Crippen LogP contribution in [0, 0.1) is 5.92 Å². The molecule has 1 aliphatic carbocycles. The van der Waals surface area contributed by atoms with Crippen LogP contribution in [0.5, 0.6) is 0 Å². The van der Waals surface area contributed by atoms with Gasteiger partial charge in [0.15, 0.2) is 0 Å². The molecule has 0 radical (unpaired) electrons. The van der Waals surface area contributed by atoms with Gasteiger partial charge in [0.05, 0.1) is 22.6 Å². The number of carboxylic acids is 1. The molecule has 1 aliphatic heterocycles. The largest absolute Gasteiger partial charge is 0.481 e. The van der Waals surface area contributed by atoms with E-state index in [0.29, 0.717) is 29.6 Å². The fourth-order valence-corrected chi connectivity index (χ4v) is 5.04. The lowest BCUT2D eigenvalue weighted by molar-refractivity contribution is -0.136. The Hall–Kier alpha value is -2.38. The second-order valence-corrected chi connectivity index (χ2v) is 9.35. The average Bonchev–Trinajstić information content (AvgIpc) is 3.25. The molecular weight excluding hydrogens is 428 g/mol. The maximum atomic E-state index is 12.7. The highest BCUT2D eigenvalue weighted by molar-refractivity contribution is 6.35. The Kier molecular flexibility index (Phi) is 7.48. The number of nitrogens with zero attached hydrogens (tertiary/aromatic N) is 2. The highest BCUT2D eigenvalue weighted by Gasteiger charge is 2.24. The van der Waals surface area contributed by atoms with Crippen LogP contribution in [-0.4, -0.2) is 47.6 Å². The second-order valence-electron chi connectivity index (χ2n) is 8.94.